The van der Waals surface area contributed by atoms with Crippen molar-refractivity contribution < 1.29 is 9.18 Å². The quantitative estimate of drug-likeness (QED) is 0.639. The Labute approximate surface area is 155 Å². The van der Waals surface area contributed by atoms with Gasteiger partial charge < -0.3 is 5.32 Å². The topological polar surface area (TPSA) is 29.1 Å². The van der Waals surface area contributed by atoms with Crippen LogP contribution in [0.5, 0.6) is 0 Å². The normalized spacial score (nSPS) is 11.9. The first-order valence-electron chi connectivity index (χ1n) is 7.85. The fourth-order valence-electron chi connectivity index (χ4n) is 2.56. The Morgan fingerprint density at radius 2 is 1.84 bits per heavy atom. The number of halogens is 1. The van der Waals surface area contributed by atoms with E-state index in [4.69, 9.17) is 0 Å². The molecular formula is C20H18FNOS2. The molecule has 1 unspecified atom stereocenters. The third-order valence-electron chi connectivity index (χ3n) is 3.83. The number of amides is 1. The summed E-state index contributed by atoms with van der Waals surface area (Å²) in [6, 6.07) is 17.5. The summed E-state index contributed by atoms with van der Waals surface area (Å²) < 4.78 is 13.2. The Balaban J connectivity index is 1.82. The number of benzene rings is 2. The monoisotopic (exact) mass is 371 g/mol. The van der Waals surface area contributed by atoms with Gasteiger partial charge in [-0.3, -0.25) is 4.79 Å². The molecule has 0 aliphatic carbocycles. The molecule has 0 radical (unpaired) electrons. The van der Waals surface area contributed by atoms with E-state index in [1.54, 1.807) is 35.2 Å². The highest BCUT2D eigenvalue weighted by atomic mass is 32.2. The maximum absolute atomic E-state index is 13.2. The number of rotatable bonds is 6. The minimum absolute atomic E-state index is 0.140. The van der Waals surface area contributed by atoms with Gasteiger partial charge in [0.05, 0.1) is 6.04 Å². The summed E-state index contributed by atoms with van der Waals surface area (Å²) in [5.74, 6) is 0.498. The lowest BCUT2D eigenvalue weighted by atomic mass is 10.0. The van der Waals surface area contributed by atoms with Gasteiger partial charge in [0.1, 0.15) is 5.82 Å². The zero-order chi connectivity index (χ0) is 17.6. The predicted octanol–water partition coefficient (Wildman–Crippen LogP) is 5.27. The standard InChI is InChI=1S/C20H18FNOS2/c1-24-13-14-4-6-16(7-5-14)20(23)22-19(18-3-2-12-25-18)15-8-10-17(21)11-9-15/h2-12,19H,13H2,1H3,(H,22,23). The maximum Gasteiger partial charge on any atom is 0.252 e. The summed E-state index contributed by atoms with van der Waals surface area (Å²) in [5.41, 5.74) is 2.67. The summed E-state index contributed by atoms with van der Waals surface area (Å²) in [4.78, 5) is 13.7. The van der Waals surface area contributed by atoms with Crippen molar-refractivity contribution in [3.8, 4) is 0 Å². The molecule has 1 heterocycles. The summed E-state index contributed by atoms with van der Waals surface area (Å²) in [6.07, 6.45) is 2.05. The predicted molar refractivity (Wildman–Crippen MR) is 104 cm³/mol. The van der Waals surface area contributed by atoms with E-state index in [2.05, 4.69) is 11.6 Å². The number of carbonyl (C=O) groups is 1. The van der Waals surface area contributed by atoms with Crippen LogP contribution in [0.25, 0.3) is 0 Å². The molecule has 5 heteroatoms. The van der Waals surface area contributed by atoms with Crippen molar-refractivity contribution in [2.75, 3.05) is 6.26 Å². The van der Waals surface area contributed by atoms with Crippen LogP contribution < -0.4 is 5.32 Å². The van der Waals surface area contributed by atoms with E-state index in [1.165, 1.54) is 17.7 Å². The fourth-order valence-corrected chi connectivity index (χ4v) is 3.89. The van der Waals surface area contributed by atoms with E-state index >= 15 is 0 Å². The molecule has 0 spiro atoms. The van der Waals surface area contributed by atoms with Crippen LogP contribution in [0.2, 0.25) is 0 Å². The van der Waals surface area contributed by atoms with Gasteiger partial charge in [-0.25, -0.2) is 4.39 Å². The number of carbonyl (C=O) groups excluding carboxylic acids is 1. The Hall–Kier alpha value is -2.11. The SMILES string of the molecule is CSCc1ccc(C(=O)NC(c2ccc(F)cc2)c2cccs2)cc1. The highest BCUT2D eigenvalue weighted by Gasteiger charge is 2.19. The molecule has 0 fully saturated rings. The minimum Gasteiger partial charge on any atom is -0.340 e. The first-order chi connectivity index (χ1) is 12.2. The van der Waals surface area contributed by atoms with E-state index in [0.717, 1.165) is 16.2 Å². The minimum atomic E-state index is -0.293. The van der Waals surface area contributed by atoms with E-state index in [1.807, 2.05) is 41.8 Å². The van der Waals surface area contributed by atoms with Crippen molar-refractivity contribution in [1.82, 2.24) is 5.32 Å². The van der Waals surface area contributed by atoms with Crippen molar-refractivity contribution in [3.05, 3.63) is 93.4 Å². The molecule has 0 saturated carbocycles. The number of hydrogen-bond donors (Lipinski definition) is 1. The smallest absolute Gasteiger partial charge is 0.252 e. The van der Waals surface area contributed by atoms with Crippen molar-refractivity contribution in [1.29, 1.82) is 0 Å². The Morgan fingerprint density at radius 3 is 2.44 bits per heavy atom. The third kappa shape index (κ3) is 4.50. The van der Waals surface area contributed by atoms with E-state index in [0.29, 0.717) is 5.56 Å². The molecule has 0 saturated heterocycles. The summed E-state index contributed by atoms with van der Waals surface area (Å²) >= 11 is 3.31. The lowest BCUT2D eigenvalue weighted by molar-refractivity contribution is 0.0943. The Bertz CT molecular complexity index is 814. The van der Waals surface area contributed by atoms with Crippen molar-refractivity contribution in [3.63, 3.8) is 0 Å². The zero-order valence-corrected chi connectivity index (χ0v) is 15.4. The van der Waals surface area contributed by atoms with Gasteiger partial charge in [-0.2, -0.15) is 11.8 Å². The van der Waals surface area contributed by atoms with Crippen molar-refractivity contribution in [2.45, 2.75) is 11.8 Å². The van der Waals surface area contributed by atoms with Crippen LogP contribution in [0.1, 0.15) is 32.4 Å². The molecule has 0 bridgehead atoms. The van der Waals surface area contributed by atoms with Crippen LogP contribution >= 0.6 is 23.1 Å². The summed E-state index contributed by atoms with van der Waals surface area (Å²) in [7, 11) is 0. The fraction of sp³-hybridized carbons (Fsp3) is 0.150. The van der Waals surface area contributed by atoms with Crippen LogP contribution in [0.3, 0.4) is 0 Å². The number of nitrogens with one attached hydrogen (secondary N) is 1. The average molecular weight is 372 g/mol. The number of thiophene rings is 1. The van der Waals surface area contributed by atoms with E-state index in [9.17, 15) is 9.18 Å². The second-order valence-electron chi connectivity index (χ2n) is 5.60. The van der Waals surface area contributed by atoms with Crippen molar-refractivity contribution >= 4 is 29.0 Å². The van der Waals surface area contributed by atoms with Crippen LogP contribution in [-0.2, 0) is 5.75 Å². The van der Waals surface area contributed by atoms with Crippen LogP contribution in [-0.4, -0.2) is 12.2 Å². The van der Waals surface area contributed by atoms with Gasteiger partial charge in [-0.05, 0) is 53.1 Å². The molecule has 0 aliphatic heterocycles. The lowest BCUT2D eigenvalue weighted by Crippen LogP contribution is -2.28. The summed E-state index contributed by atoms with van der Waals surface area (Å²) in [5, 5.41) is 5.03. The molecule has 0 aliphatic rings. The molecule has 2 nitrogen and oxygen atoms in total. The third-order valence-corrected chi connectivity index (χ3v) is 5.39. The van der Waals surface area contributed by atoms with Gasteiger partial charge in [0.2, 0.25) is 0 Å². The summed E-state index contributed by atoms with van der Waals surface area (Å²) in [6.45, 7) is 0. The first kappa shape index (κ1) is 17.7. The number of hydrogen-bond acceptors (Lipinski definition) is 3. The van der Waals surface area contributed by atoms with Gasteiger partial charge >= 0.3 is 0 Å². The highest BCUT2D eigenvalue weighted by molar-refractivity contribution is 7.97. The molecule has 1 N–H and O–H groups in total. The Kier molecular flexibility index (Phi) is 5.89. The van der Waals surface area contributed by atoms with Crippen LogP contribution in [0.4, 0.5) is 4.39 Å². The molecule has 3 aromatic rings. The van der Waals surface area contributed by atoms with Gasteiger partial charge in [-0.1, -0.05) is 30.3 Å². The second-order valence-corrected chi connectivity index (χ2v) is 7.45. The van der Waals surface area contributed by atoms with E-state index in [-0.39, 0.29) is 17.8 Å². The second kappa shape index (κ2) is 8.32. The van der Waals surface area contributed by atoms with Gasteiger partial charge in [0.15, 0.2) is 0 Å². The van der Waals surface area contributed by atoms with Gasteiger partial charge in [0, 0.05) is 16.2 Å². The Morgan fingerprint density at radius 1 is 1.12 bits per heavy atom. The molecule has 1 atom stereocenters. The van der Waals surface area contributed by atoms with Gasteiger partial charge in [0.25, 0.3) is 5.91 Å². The molecule has 2 aromatic carbocycles. The molecule has 1 aromatic heterocycles. The van der Waals surface area contributed by atoms with Crippen molar-refractivity contribution in [2.24, 2.45) is 0 Å². The average Bonchev–Trinajstić information content (AvgIpc) is 3.16. The largest absolute Gasteiger partial charge is 0.340 e. The molecule has 128 valence electrons. The molecule has 1 amide bonds. The maximum atomic E-state index is 13.2. The lowest BCUT2D eigenvalue weighted by Gasteiger charge is -2.18. The molecule has 3 rings (SSSR count). The van der Waals surface area contributed by atoms with Gasteiger partial charge in [-0.15, -0.1) is 11.3 Å². The number of thioether (sulfide) groups is 1. The molecular weight excluding hydrogens is 353 g/mol. The van der Waals surface area contributed by atoms with Crippen LogP contribution in [0.15, 0.2) is 66.0 Å². The first-order valence-corrected chi connectivity index (χ1v) is 10.1. The van der Waals surface area contributed by atoms with E-state index < -0.39 is 0 Å². The zero-order valence-electron chi connectivity index (χ0n) is 13.7. The molecule has 25 heavy (non-hydrogen) atoms. The van der Waals surface area contributed by atoms with Crippen LogP contribution in [0, 0.1) is 5.82 Å². The highest BCUT2D eigenvalue weighted by Crippen LogP contribution is 2.26.